The number of aryl methyl sites for hydroxylation is 2. The SMILES string of the molecule is Cc1ncc(-c2cc(S(=O)(=O)Oc3ccccc3)c3ccc(C)c(Br)c3n2)[nH]1. The van der Waals surface area contributed by atoms with Crippen LogP contribution in [0.25, 0.3) is 22.3 Å². The minimum atomic E-state index is -4.09. The van der Waals surface area contributed by atoms with Crippen LogP contribution < -0.4 is 4.18 Å². The fraction of sp³-hybridized carbons (Fsp3) is 0.100. The van der Waals surface area contributed by atoms with E-state index < -0.39 is 10.1 Å². The number of halogens is 1. The minimum Gasteiger partial charge on any atom is -0.379 e. The van der Waals surface area contributed by atoms with Crippen LogP contribution in [0.4, 0.5) is 0 Å². The van der Waals surface area contributed by atoms with E-state index in [0.29, 0.717) is 28.1 Å². The zero-order valence-corrected chi connectivity index (χ0v) is 17.5. The van der Waals surface area contributed by atoms with Crippen LogP contribution in [0.15, 0.2) is 64.1 Å². The van der Waals surface area contributed by atoms with Crippen molar-refractivity contribution in [2.45, 2.75) is 18.7 Å². The zero-order valence-electron chi connectivity index (χ0n) is 15.1. The summed E-state index contributed by atoms with van der Waals surface area (Å²) < 4.78 is 32.3. The van der Waals surface area contributed by atoms with E-state index in [1.807, 2.05) is 19.9 Å². The van der Waals surface area contributed by atoms with Crippen molar-refractivity contribution in [3.63, 3.8) is 0 Å². The fourth-order valence-electron chi connectivity index (χ4n) is 2.87. The molecule has 28 heavy (non-hydrogen) atoms. The van der Waals surface area contributed by atoms with Gasteiger partial charge in [-0.3, -0.25) is 0 Å². The monoisotopic (exact) mass is 457 g/mol. The van der Waals surface area contributed by atoms with Crippen LogP contribution in [0, 0.1) is 13.8 Å². The lowest BCUT2D eigenvalue weighted by molar-refractivity contribution is 0.487. The van der Waals surface area contributed by atoms with Crippen LogP contribution in [0.2, 0.25) is 0 Å². The Morgan fingerprint density at radius 3 is 2.50 bits per heavy atom. The molecule has 4 rings (SSSR count). The summed E-state index contributed by atoms with van der Waals surface area (Å²) in [5, 5.41) is 0.480. The number of nitrogens with zero attached hydrogens (tertiary/aromatic N) is 2. The molecule has 0 saturated carbocycles. The van der Waals surface area contributed by atoms with Gasteiger partial charge in [0.2, 0.25) is 0 Å². The van der Waals surface area contributed by atoms with Crippen LogP contribution in [-0.2, 0) is 10.1 Å². The summed E-state index contributed by atoms with van der Waals surface area (Å²) in [6.07, 6.45) is 1.63. The van der Waals surface area contributed by atoms with Crippen molar-refractivity contribution >= 4 is 37.0 Å². The summed E-state index contributed by atoms with van der Waals surface area (Å²) in [6, 6.07) is 13.5. The first-order chi connectivity index (χ1) is 13.3. The normalized spacial score (nSPS) is 11.7. The number of H-pyrrole nitrogens is 1. The molecule has 0 unspecified atom stereocenters. The van der Waals surface area contributed by atoms with Gasteiger partial charge in [0.05, 0.1) is 23.1 Å². The van der Waals surface area contributed by atoms with Gasteiger partial charge in [-0.15, -0.1) is 0 Å². The maximum Gasteiger partial charge on any atom is 0.339 e. The molecule has 0 radical (unpaired) electrons. The highest BCUT2D eigenvalue weighted by molar-refractivity contribution is 9.10. The third-order valence-electron chi connectivity index (χ3n) is 4.27. The van der Waals surface area contributed by atoms with E-state index in [0.717, 1.165) is 10.0 Å². The smallest absolute Gasteiger partial charge is 0.339 e. The number of hydrogen-bond donors (Lipinski definition) is 1. The molecule has 1 N–H and O–H groups in total. The van der Waals surface area contributed by atoms with Crippen LogP contribution in [0.1, 0.15) is 11.4 Å². The van der Waals surface area contributed by atoms with Gasteiger partial charge >= 0.3 is 10.1 Å². The van der Waals surface area contributed by atoms with Gasteiger partial charge in [-0.25, -0.2) is 9.97 Å². The first kappa shape index (κ1) is 18.6. The Balaban J connectivity index is 1.97. The fourth-order valence-corrected chi connectivity index (χ4v) is 4.45. The number of imidazole rings is 1. The van der Waals surface area contributed by atoms with Crippen LogP contribution in [0.5, 0.6) is 5.75 Å². The van der Waals surface area contributed by atoms with E-state index in [9.17, 15) is 8.42 Å². The Kier molecular flexibility index (Phi) is 4.68. The Morgan fingerprint density at radius 2 is 1.82 bits per heavy atom. The largest absolute Gasteiger partial charge is 0.379 e. The number of fused-ring (bicyclic) bond motifs is 1. The molecular weight excluding hydrogens is 442 g/mol. The number of nitrogens with one attached hydrogen (secondary N) is 1. The Bertz CT molecular complexity index is 1290. The van der Waals surface area contributed by atoms with Gasteiger partial charge < -0.3 is 9.17 Å². The maximum atomic E-state index is 13.1. The van der Waals surface area contributed by atoms with Crippen molar-refractivity contribution in [2.75, 3.05) is 0 Å². The van der Waals surface area contributed by atoms with Crippen molar-refractivity contribution < 1.29 is 12.6 Å². The highest BCUT2D eigenvalue weighted by Crippen LogP contribution is 2.34. The van der Waals surface area contributed by atoms with E-state index in [1.54, 1.807) is 42.6 Å². The molecule has 0 spiro atoms. The molecule has 0 aliphatic carbocycles. The first-order valence-corrected chi connectivity index (χ1v) is 10.7. The molecule has 4 aromatic rings. The minimum absolute atomic E-state index is 0.0457. The standard InChI is InChI=1S/C20H16BrN3O3S/c1-12-8-9-15-18(28(25,26)27-14-6-4-3-5-7-14)10-16(24-20(15)19(12)21)17-11-22-13(2)23-17/h3-11H,1-2H3,(H,22,23). The molecule has 2 aromatic carbocycles. The second-order valence-corrected chi connectivity index (χ2v) is 8.64. The molecule has 0 saturated heterocycles. The summed E-state index contributed by atoms with van der Waals surface area (Å²) in [6.45, 7) is 3.74. The van der Waals surface area contributed by atoms with Crippen molar-refractivity contribution in [1.82, 2.24) is 15.0 Å². The molecule has 0 atom stereocenters. The molecule has 8 heteroatoms. The van der Waals surface area contributed by atoms with E-state index in [2.05, 4.69) is 30.9 Å². The van der Waals surface area contributed by atoms with Crippen molar-refractivity contribution in [1.29, 1.82) is 0 Å². The number of pyridine rings is 1. The number of aromatic amines is 1. The molecule has 142 valence electrons. The maximum absolute atomic E-state index is 13.1. The van der Waals surface area contributed by atoms with E-state index >= 15 is 0 Å². The second-order valence-electron chi connectivity index (χ2n) is 6.33. The van der Waals surface area contributed by atoms with Gasteiger partial charge in [0, 0.05) is 9.86 Å². The van der Waals surface area contributed by atoms with Gasteiger partial charge in [0.1, 0.15) is 16.5 Å². The second kappa shape index (κ2) is 7.03. The van der Waals surface area contributed by atoms with E-state index in [-0.39, 0.29) is 10.6 Å². The highest BCUT2D eigenvalue weighted by Gasteiger charge is 2.24. The van der Waals surface area contributed by atoms with E-state index in [1.165, 1.54) is 6.07 Å². The molecule has 0 bridgehead atoms. The topological polar surface area (TPSA) is 84.9 Å². The van der Waals surface area contributed by atoms with Crippen LogP contribution in [-0.4, -0.2) is 23.4 Å². The number of rotatable bonds is 4. The summed E-state index contributed by atoms with van der Waals surface area (Å²) >= 11 is 3.54. The van der Waals surface area contributed by atoms with Crippen LogP contribution >= 0.6 is 15.9 Å². The van der Waals surface area contributed by atoms with Gasteiger partial charge in [-0.2, -0.15) is 8.42 Å². The predicted molar refractivity (Wildman–Crippen MR) is 111 cm³/mol. The van der Waals surface area contributed by atoms with Gasteiger partial charge in [0.25, 0.3) is 0 Å². The first-order valence-electron chi connectivity index (χ1n) is 8.46. The molecule has 0 aliphatic rings. The van der Waals surface area contributed by atoms with E-state index in [4.69, 9.17) is 4.18 Å². The molecule has 2 aromatic heterocycles. The summed E-state index contributed by atoms with van der Waals surface area (Å²) in [4.78, 5) is 12.0. The van der Waals surface area contributed by atoms with Gasteiger partial charge in [-0.05, 0) is 53.5 Å². The molecule has 0 amide bonds. The summed E-state index contributed by atoms with van der Waals surface area (Å²) in [7, 11) is -4.09. The molecule has 0 fully saturated rings. The Hall–Kier alpha value is -2.71. The predicted octanol–water partition coefficient (Wildman–Crippen LogP) is 4.77. The third kappa shape index (κ3) is 3.41. The zero-order chi connectivity index (χ0) is 19.9. The quantitative estimate of drug-likeness (QED) is 0.446. The number of benzene rings is 2. The van der Waals surface area contributed by atoms with Crippen LogP contribution in [0.3, 0.4) is 0 Å². The third-order valence-corrected chi connectivity index (χ3v) is 6.56. The summed E-state index contributed by atoms with van der Waals surface area (Å²) in [5.41, 5.74) is 2.59. The lowest BCUT2D eigenvalue weighted by atomic mass is 10.1. The molecule has 2 heterocycles. The Labute approximate surface area is 170 Å². The lowest BCUT2D eigenvalue weighted by Gasteiger charge is -2.13. The highest BCUT2D eigenvalue weighted by atomic mass is 79.9. The van der Waals surface area contributed by atoms with Crippen molar-refractivity contribution in [2.24, 2.45) is 0 Å². The number of aromatic nitrogens is 3. The number of hydrogen-bond acceptors (Lipinski definition) is 5. The van der Waals surface area contributed by atoms with Crippen molar-refractivity contribution in [3.05, 3.63) is 70.6 Å². The number of para-hydroxylation sites is 1. The molecule has 6 nitrogen and oxygen atoms in total. The molecular formula is C20H16BrN3O3S. The van der Waals surface area contributed by atoms with Gasteiger partial charge in [-0.1, -0.05) is 30.3 Å². The Morgan fingerprint density at radius 1 is 1.07 bits per heavy atom. The lowest BCUT2D eigenvalue weighted by Crippen LogP contribution is -2.11. The van der Waals surface area contributed by atoms with Crippen molar-refractivity contribution in [3.8, 4) is 17.1 Å². The average Bonchev–Trinajstić information content (AvgIpc) is 3.11. The average molecular weight is 458 g/mol. The molecule has 0 aliphatic heterocycles. The summed E-state index contributed by atoms with van der Waals surface area (Å²) in [5.74, 6) is 0.961. The van der Waals surface area contributed by atoms with Gasteiger partial charge in [0.15, 0.2) is 0 Å².